The number of methoxy groups -OCH3 is 1. The molecular formula is C19H22BrNO3. The molecule has 24 heavy (non-hydrogen) atoms. The minimum absolute atomic E-state index is 0.172. The molecule has 1 aromatic carbocycles. The topological polar surface area (TPSA) is 46.6 Å². The van der Waals surface area contributed by atoms with Crippen LogP contribution >= 0.6 is 15.9 Å². The molecule has 2 atom stereocenters. The first-order valence-corrected chi connectivity index (χ1v) is 9.00. The van der Waals surface area contributed by atoms with Gasteiger partial charge in [-0.1, -0.05) is 28.9 Å². The van der Waals surface area contributed by atoms with E-state index in [0.717, 1.165) is 34.2 Å². The molecule has 4 nitrogen and oxygen atoms in total. The highest BCUT2D eigenvalue weighted by atomic mass is 79.9. The zero-order valence-corrected chi connectivity index (χ0v) is 15.9. The first kappa shape index (κ1) is 17.2. The van der Waals surface area contributed by atoms with Crippen molar-refractivity contribution in [3.05, 3.63) is 39.4 Å². The molecule has 0 saturated heterocycles. The minimum atomic E-state index is -0.248. The number of rotatable bonds is 2. The quantitative estimate of drug-likeness (QED) is 0.724. The van der Waals surface area contributed by atoms with Crippen LogP contribution in [0.2, 0.25) is 0 Å². The Labute approximate surface area is 151 Å². The fourth-order valence-electron chi connectivity index (χ4n) is 4.22. The lowest BCUT2D eigenvalue weighted by Gasteiger charge is -2.40. The summed E-state index contributed by atoms with van der Waals surface area (Å²) in [6.45, 7) is 5.45. The number of hydrogen-bond acceptors (Lipinski definition) is 3. The van der Waals surface area contributed by atoms with Gasteiger partial charge in [0, 0.05) is 29.4 Å². The average Bonchev–Trinajstić information content (AvgIpc) is 2.73. The first-order valence-electron chi connectivity index (χ1n) is 8.20. The van der Waals surface area contributed by atoms with E-state index in [1.165, 1.54) is 5.56 Å². The van der Waals surface area contributed by atoms with Crippen LogP contribution in [0.25, 0.3) is 0 Å². The van der Waals surface area contributed by atoms with E-state index >= 15 is 0 Å². The van der Waals surface area contributed by atoms with Gasteiger partial charge >= 0.3 is 0 Å². The van der Waals surface area contributed by atoms with Gasteiger partial charge < -0.3 is 9.64 Å². The summed E-state index contributed by atoms with van der Waals surface area (Å²) in [7, 11) is 1.67. The number of benzene rings is 1. The molecular weight excluding hydrogens is 370 g/mol. The van der Waals surface area contributed by atoms with Gasteiger partial charge in [0.2, 0.25) is 6.41 Å². The number of nitrogens with zero attached hydrogens (tertiary/aromatic N) is 1. The predicted molar refractivity (Wildman–Crippen MR) is 96.1 cm³/mol. The summed E-state index contributed by atoms with van der Waals surface area (Å²) in [5.74, 6) is 1.18. The van der Waals surface area contributed by atoms with E-state index in [1.807, 2.05) is 6.07 Å². The fourth-order valence-corrected chi connectivity index (χ4v) is 4.75. The van der Waals surface area contributed by atoms with Crippen LogP contribution in [0.3, 0.4) is 0 Å². The Morgan fingerprint density at radius 2 is 2.21 bits per heavy atom. The van der Waals surface area contributed by atoms with Crippen LogP contribution in [0.15, 0.2) is 22.7 Å². The molecule has 1 aromatic rings. The SMILES string of the molecule is COc1cc(Br)c2c(c1C)[C@@]1(C=CC(=O)C[C@@H]1C)CCN(C=O)C2. The second-order valence-electron chi connectivity index (χ2n) is 6.81. The van der Waals surface area contributed by atoms with Crippen molar-refractivity contribution in [3.8, 4) is 5.75 Å². The van der Waals surface area contributed by atoms with Gasteiger partial charge in [-0.05, 0) is 48.1 Å². The lowest BCUT2D eigenvalue weighted by molar-refractivity contribution is -0.119. The van der Waals surface area contributed by atoms with E-state index in [9.17, 15) is 9.59 Å². The third-order valence-corrected chi connectivity index (χ3v) is 6.26. The summed E-state index contributed by atoms with van der Waals surface area (Å²) >= 11 is 3.67. The molecule has 1 heterocycles. The molecule has 3 rings (SSSR count). The van der Waals surface area contributed by atoms with Gasteiger partial charge in [0.25, 0.3) is 0 Å². The molecule has 1 aliphatic carbocycles. The summed E-state index contributed by atoms with van der Waals surface area (Å²) in [4.78, 5) is 25.2. The molecule has 5 heteroatoms. The van der Waals surface area contributed by atoms with Crippen molar-refractivity contribution >= 4 is 28.1 Å². The Hall–Kier alpha value is -1.62. The number of carbonyl (C=O) groups is 2. The molecule has 2 aliphatic rings. The predicted octanol–water partition coefficient (Wildman–Crippen LogP) is 3.53. The number of ketones is 1. The van der Waals surface area contributed by atoms with Gasteiger partial charge in [-0.3, -0.25) is 9.59 Å². The molecule has 0 N–H and O–H groups in total. The highest BCUT2D eigenvalue weighted by molar-refractivity contribution is 9.10. The lowest BCUT2D eigenvalue weighted by Crippen LogP contribution is -2.38. The van der Waals surface area contributed by atoms with Crippen molar-refractivity contribution in [1.29, 1.82) is 0 Å². The summed E-state index contributed by atoms with van der Waals surface area (Å²) in [6, 6.07) is 1.97. The van der Waals surface area contributed by atoms with Crippen LogP contribution in [-0.2, 0) is 21.5 Å². The second kappa shape index (κ2) is 6.36. The summed E-state index contributed by atoms with van der Waals surface area (Å²) in [5, 5.41) is 0. The molecule has 0 radical (unpaired) electrons. The molecule has 0 unspecified atom stereocenters. The van der Waals surface area contributed by atoms with E-state index in [-0.39, 0.29) is 17.1 Å². The third kappa shape index (κ3) is 2.59. The lowest BCUT2D eigenvalue weighted by atomic mass is 9.63. The van der Waals surface area contributed by atoms with E-state index in [4.69, 9.17) is 4.74 Å². The van der Waals surface area contributed by atoms with Crippen LogP contribution in [0.1, 0.15) is 36.5 Å². The van der Waals surface area contributed by atoms with Gasteiger partial charge in [-0.15, -0.1) is 0 Å². The van der Waals surface area contributed by atoms with Crippen molar-refractivity contribution in [2.75, 3.05) is 13.7 Å². The first-order chi connectivity index (χ1) is 11.4. The van der Waals surface area contributed by atoms with Gasteiger partial charge in [0.1, 0.15) is 5.75 Å². The molecule has 1 amide bonds. The molecule has 0 aromatic heterocycles. The Balaban J connectivity index is 2.31. The van der Waals surface area contributed by atoms with Gasteiger partial charge in [-0.2, -0.15) is 0 Å². The Kier molecular flexibility index (Phi) is 4.56. The maximum Gasteiger partial charge on any atom is 0.210 e. The van der Waals surface area contributed by atoms with Gasteiger partial charge in [-0.25, -0.2) is 0 Å². The zero-order valence-electron chi connectivity index (χ0n) is 14.3. The van der Waals surface area contributed by atoms with Crippen molar-refractivity contribution in [3.63, 3.8) is 0 Å². The van der Waals surface area contributed by atoms with Crippen molar-refractivity contribution in [2.45, 2.75) is 38.6 Å². The number of carbonyl (C=O) groups excluding carboxylic acids is 2. The normalized spacial score (nSPS) is 26.2. The highest BCUT2D eigenvalue weighted by Crippen LogP contribution is 2.49. The van der Waals surface area contributed by atoms with E-state index in [2.05, 4.69) is 35.9 Å². The maximum atomic E-state index is 11.9. The van der Waals surface area contributed by atoms with Gasteiger partial charge in [0.05, 0.1) is 7.11 Å². The number of halogens is 1. The molecule has 0 saturated carbocycles. The monoisotopic (exact) mass is 391 g/mol. The number of allylic oxidation sites excluding steroid dienone is 2. The van der Waals surface area contributed by atoms with Gasteiger partial charge in [0.15, 0.2) is 5.78 Å². The second-order valence-corrected chi connectivity index (χ2v) is 7.66. The van der Waals surface area contributed by atoms with Crippen molar-refractivity contribution in [2.24, 2.45) is 5.92 Å². The number of amides is 1. The maximum absolute atomic E-state index is 11.9. The molecule has 1 aliphatic heterocycles. The van der Waals surface area contributed by atoms with E-state index < -0.39 is 0 Å². The van der Waals surface area contributed by atoms with Crippen LogP contribution < -0.4 is 4.74 Å². The van der Waals surface area contributed by atoms with Crippen LogP contribution in [0.4, 0.5) is 0 Å². The molecule has 128 valence electrons. The van der Waals surface area contributed by atoms with Crippen LogP contribution in [0, 0.1) is 12.8 Å². The summed E-state index contributed by atoms with van der Waals surface area (Å²) < 4.78 is 6.52. The molecule has 1 spiro atoms. The van der Waals surface area contributed by atoms with E-state index in [1.54, 1.807) is 18.1 Å². The Morgan fingerprint density at radius 3 is 2.83 bits per heavy atom. The standard InChI is InChI=1S/C19H22BrNO3/c1-12-8-14(23)4-5-19(12)6-7-21(11-22)10-15-16(20)9-17(24-3)13(2)18(15)19/h4-5,9,11-12H,6-8,10H2,1-3H3/t12-,19-/m0/s1. The fraction of sp³-hybridized carbons (Fsp3) is 0.474. The van der Waals surface area contributed by atoms with Crippen molar-refractivity contribution in [1.82, 2.24) is 4.90 Å². The number of fused-ring (bicyclic) bond motifs is 2. The average molecular weight is 392 g/mol. The largest absolute Gasteiger partial charge is 0.496 e. The smallest absolute Gasteiger partial charge is 0.210 e. The molecule has 0 fully saturated rings. The Bertz CT molecular complexity index is 728. The van der Waals surface area contributed by atoms with E-state index in [0.29, 0.717) is 19.5 Å². The van der Waals surface area contributed by atoms with Crippen molar-refractivity contribution < 1.29 is 14.3 Å². The molecule has 0 bridgehead atoms. The number of hydrogen-bond donors (Lipinski definition) is 0. The summed E-state index contributed by atoms with van der Waals surface area (Å²) in [6.07, 6.45) is 6.04. The van der Waals surface area contributed by atoms with Crippen LogP contribution in [0.5, 0.6) is 5.75 Å². The number of ether oxygens (including phenoxy) is 1. The minimum Gasteiger partial charge on any atom is -0.496 e. The van der Waals surface area contributed by atoms with Crippen LogP contribution in [-0.4, -0.2) is 30.7 Å². The summed E-state index contributed by atoms with van der Waals surface area (Å²) in [5.41, 5.74) is 3.16. The third-order valence-electron chi connectivity index (χ3n) is 5.55. The Morgan fingerprint density at radius 1 is 1.46 bits per heavy atom. The highest BCUT2D eigenvalue weighted by Gasteiger charge is 2.44. The zero-order chi connectivity index (χ0) is 17.5.